The fourth-order valence-corrected chi connectivity index (χ4v) is 4.23. The third-order valence-electron chi connectivity index (χ3n) is 2.54. The van der Waals surface area contributed by atoms with Gasteiger partial charge in [-0.1, -0.05) is 52.9 Å². The second-order valence-corrected chi connectivity index (χ2v) is 7.23. The summed E-state index contributed by atoms with van der Waals surface area (Å²) in [6, 6.07) is 7.67. The number of benzene rings is 1. The van der Waals surface area contributed by atoms with Crippen molar-refractivity contribution >= 4 is 67.2 Å². The summed E-state index contributed by atoms with van der Waals surface area (Å²) < 4.78 is 1.80. The maximum atomic E-state index is 12.2. The van der Waals surface area contributed by atoms with Gasteiger partial charge in [-0.05, 0) is 12.3 Å². The van der Waals surface area contributed by atoms with Crippen LogP contribution in [0, 0.1) is 0 Å². The van der Waals surface area contributed by atoms with Gasteiger partial charge < -0.3 is 0 Å². The molecule has 0 saturated heterocycles. The zero-order valence-corrected chi connectivity index (χ0v) is 13.4. The Morgan fingerprint density at radius 2 is 2.10 bits per heavy atom. The van der Waals surface area contributed by atoms with Crippen LogP contribution in [-0.2, 0) is 0 Å². The lowest BCUT2D eigenvalue weighted by molar-refractivity contribution is 0.103. The van der Waals surface area contributed by atoms with Crippen LogP contribution >= 0.6 is 46.0 Å². The number of anilines is 1. The standard InChI is InChI=1S/C12H8ClN3OS3/c1-18-12-16-15-11(20-12)14-10(17)9-8(13)6-4-2-3-5-7(6)19-9/h2-5H,1H3,(H,14,15,17). The lowest BCUT2D eigenvalue weighted by atomic mass is 10.2. The number of nitrogens with one attached hydrogen (secondary N) is 1. The minimum atomic E-state index is -0.250. The number of thiophene rings is 1. The first-order valence-electron chi connectivity index (χ1n) is 5.55. The number of nitrogens with zero attached hydrogens (tertiary/aromatic N) is 2. The van der Waals surface area contributed by atoms with E-state index in [0.717, 1.165) is 14.4 Å². The molecule has 0 radical (unpaired) electrons. The second-order valence-electron chi connectivity index (χ2n) is 3.77. The number of thioether (sulfide) groups is 1. The summed E-state index contributed by atoms with van der Waals surface area (Å²) in [5.41, 5.74) is 0. The molecule has 102 valence electrons. The van der Waals surface area contributed by atoms with Gasteiger partial charge in [-0.3, -0.25) is 10.1 Å². The van der Waals surface area contributed by atoms with Crippen molar-refractivity contribution in [1.82, 2.24) is 10.2 Å². The van der Waals surface area contributed by atoms with E-state index in [9.17, 15) is 4.79 Å². The molecule has 0 aliphatic carbocycles. The minimum Gasteiger partial charge on any atom is -0.296 e. The van der Waals surface area contributed by atoms with Crippen LogP contribution in [-0.4, -0.2) is 22.4 Å². The molecule has 0 bridgehead atoms. The van der Waals surface area contributed by atoms with Gasteiger partial charge in [0.2, 0.25) is 5.13 Å². The molecule has 2 heterocycles. The number of amides is 1. The molecule has 0 saturated carbocycles. The van der Waals surface area contributed by atoms with Gasteiger partial charge in [-0.2, -0.15) is 0 Å². The smallest absolute Gasteiger partial charge is 0.269 e. The van der Waals surface area contributed by atoms with Crippen LogP contribution in [0.25, 0.3) is 10.1 Å². The third kappa shape index (κ3) is 2.54. The van der Waals surface area contributed by atoms with Crippen LogP contribution in [0.15, 0.2) is 28.6 Å². The number of carbonyl (C=O) groups excluding carboxylic acids is 1. The number of aromatic nitrogens is 2. The van der Waals surface area contributed by atoms with Gasteiger partial charge in [-0.25, -0.2) is 0 Å². The second kappa shape index (κ2) is 5.69. The van der Waals surface area contributed by atoms with E-state index < -0.39 is 0 Å². The van der Waals surface area contributed by atoms with Gasteiger partial charge in [0, 0.05) is 10.1 Å². The molecule has 0 atom stereocenters. The summed E-state index contributed by atoms with van der Waals surface area (Å²) in [4.78, 5) is 12.7. The Morgan fingerprint density at radius 1 is 1.30 bits per heavy atom. The molecule has 0 spiro atoms. The molecule has 0 aliphatic rings. The van der Waals surface area contributed by atoms with Crippen molar-refractivity contribution < 1.29 is 4.79 Å². The molecule has 3 rings (SSSR count). The Bertz CT molecular complexity index is 783. The Morgan fingerprint density at radius 3 is 2.80 bits per heavy atom. The summed E-state index contributed by atoms with van der Waals surface area (Å²) in [6.45, 7) is 0. The maximum Gasteiger partial charge on any atom is 0.269 e. The molecule has 2 aromatic heterocycles. The highest BCUT2D eigenvalue weighted by atomic mass is 35.5. The summed E-state index contributed by atoms with van der Waals surface area (Å²) >= 11 is 10.5. The molecule has 0 unspecified atom stereocenters. The first kappa shape index (κ1) is 13.8. The number of rotatable bonds is 3. The van der Waals surface area contributed by atoms with Crippen molar-refractivity contribution in [2.24, 2.45) is 0 Å². The molecule has 1 aromatic carbocycles. The van der Waals surface area contributed by atoms with E-state index >= 15 is 0 Å². The predicted molar refractivity (Wildman–Crippen MR) is 86.5 cm³/mol. The van der Waals surface area contributed by atoms with E-state index in [0.29, 0.717) is 15.0 Å². The van der Waals surface area contributed by atoms with Crippen molar-refractivity contribution in [3.63, 3.8) is 0 Å². The topological polar surface area (TPSA) is 54.9 Å². The largest absolute Gasteiger partial charge is 0.296 e. The molecular formula is C12H8ClN3OS3. The van der Waals surface area contributed by atoms with E-state index in [1.54, 1.807) is 0 Å². The average molecular weight is 342 g/mol. The Kier molecular flexibility index (Phi) is 3.93. The number of halogens is 1. The van der Waals surface area contributed by atoms with Gasteiger partial charge in [0.05, 0.1) is 5.02 Å². The molecule has 3 aromatic rings. The normalized spacial score (nSPS) is 10.9. The third-order valence-corrected chi connectivity index (χ3v) is 6.03. The van der Waals surface area contributed by atoms with Crippen molar-refractivity contribution in [2.45, 2.75) is 4.34 Å². The maximum absolute atomic E-state index is 12.2. The van der Waals surface area contributed by atoms with E-state index in [2.05, 4.69) is 15.5 Å². The lowest BCUT2D eigenvalue weighted by Crippen LogP contribution is -2.10. The Labute approximate surface area is 132 Å². The fraction of sp³-hybridized carbons (Fsp3) is 0.0833. The first-order chi connectivity index (χ1) is 9.69. The highest BCUT2D eigenvalue weighted by Gasteiger charge is 2.18. The van der Waals surface area contributed by atoms with Crippen molar-refractivity contribution in [1.29, 1.82) is 0 Å². The van der Waals surface area contributed by atoms with E-state index in [1.165, 1.54) is 34.4 Å². The van der Waals surface area contributed by atoms with Crippen molar-refractivity contribution in [3.05, 3.63) is 34.2 Å². The number of fused-ring (bicyclic) bond motifs is 1. The van der Waals surface area contributed by atoms with E-state index in [4.69, 9.17) is 11.6 Å². The van der Waals surface area contributed by atoms with Gasteiger partial charge in [0.15, 0.2) is 4.34 Å². The number of carbonyl (C=O) groups is 1. The molecule has 20 heavy (non-hydrogen) atoms. The van der Waals surface area contributed by atoms with Crippen LogP contribution in [0.4, 0.5) is 5.13 Å². The van der Waals surface area contributed by atoms with Gasteiger partial charge in [-0.15, -0.1) is 21.5 Å². The van der Waals surface area contributed by atoms with Crippen LogP contribution < -0.4 is 5.32 Å². The van der Waals surface area contributed by atoms with Gasteiger partial charge in [0.25, 0.3) is 5.91 Å². The molecule has 1 amide bonds. The molecule has 1 N–H and O–H groups in total. The number of hydrogen-bond acceptors (Lipinski definition) is 6. The summed E-state index contributed by atoms with van der Waals surface area (Å²) in [7, 11) is 0. The Balaban J connectivity index is 1.90. The van der Waals surface area contributed by atoms with Crippen LogP contribution in [0.3, 0.4) is 0 Å². The summed E-state index contributed by atoms with van der Waals surface area (Å²) in [5, 5.41) is 12.4. The van der Waals surface area contributed by atoms with Crippen molar-refractivity contribution in [2.75, 3.05) is 11.6 Å². The fourth-order valence-electron chi connectivity index (χ4n) is 1.66. The zero-order valence-electron chi connectivity index (χ0n) is 10.2. The SMILES string of the molecule is CSc1nnc(NC(=O)c2sc3ccccc3c2Cl)s1. The summed E-state index contributed by atoms with van der Waals surface area (Å²) in [6.07, 6.45) is 1.91. The van der Waals surface area contributed by atoms with Gasteiger partial charge >= 0.3 is 0 Å². The molecule has 0 fully saturated rings. The highest BCUT2D eigenvalue weighted by Crippen LogP contribution is 2.35. The van der Waals surface area contributed by atoms with E-state index in [-0.39, 0.29) is 5.91 Å². The van der Waals surface area contributed by atoms with Crippen LogP contribution in [0.2, 0.25) is 5.02 Å². The highest BCUT2D eigenvalue weighted by molar-refractivity contribution is 8.00. The Hall–Kier alpha value is -1.15. The average Bonchev–Trinajstić information content (AvgIpc) is 3.04. The molecule has 8 heteroatoms. The lowest BCUT2D eigenvalue weighted by Gasteiger charge is -1.98. The van der Waals surface area contributed by atoms with Crippen LogP contribution in [0.1, 0.15) is 9.67 Å². The quantitative estimate of drug-likeness (QED) is 0.567. The first-order valence-corrected chi connectivity index (χ1v) is 8.78. The predicted octanol–water partition coefficient (Wildman–Crippen LogP) is 4.38. The van der Waals surface area contributed by atoms with Gasteiger partial charge in [0.1, 0.15) is 4.88 Å². The zero-order chi connectivity index (χ0) is 14.1. The number of hydrogen-bond donors (Lipinski definition) is 1. The van der Waals surface area contributed by atoms with Crippen molar-refractivity contribution in [3.8, 4) is 0 Å². The monoisotopic (exact) mass is 341 g/mol. The van der Waals surface area contributed by atoms with E-state index in [1.807, 2.05) is 30.5 Å². The summed E-state index contributed by atoms with van der Waals surface area (Å²) in [5.74, 6) is -0.250. The molecule has 0 aliphatic heterocycles. The minimum absolute atomic E-state index is 0.250. The molecule has 4 nitrogen and oxygen atoms in total. The van der Waals surface area contributed by atoms with Crippen LogP contribution in [0.5, 0.6) is 0 Å². The molecular weight excluding hydrogens is 334 g/mol.